The number of nitrogens with zero attached hydrogens (tertiary/aromatic N) is 2. The molecular weight excluding hydrogens is 240 g/mol. The van der Waals surface area contributed by atoms with E-state index >= 15 is 0 Å². The molecule has 0 aliphatic rings. The lowest BCUT2D eigenvalue weighted by atomic mass is 10.1. The highest BCUT2D eigenvalue weighted by Gasteiger charge is 2.19. The largest absolute Gasteiger partial charge is 0.496 e. The van der Waals surface area contributed by atoms with Crippen molar-refractivity contribution >= 4 is 5.91 Å². The molecule has 0 atom stereocenters. The minimum Gasteiger partial charge on any atom is -0.496 e. The van der Waals surface area contributed by atoms with E-state index in [9.17, 15) is 4.79 Å². The van der Waals surface area contributed by atoms with E-state index in [0.717, 1.165) is 0 Å². The second kappa shape index (κ2) is 7.42. The number of rotatable bonds is 6. The van der Waals surface area contributed by atoms with Gasteiger partial charge in [-0.1, -0.05) is 26.0 Å². The van der Waals surface area contributed by atoms with Gasteiger partial charge in [0.2, 0.25) is 0 Å². The monoisotopic (exact) mass is 260 g/mol. The number of amides is 1. The van der Waals surface area contributed by atoms with E-state index in [2.05, 4.69) is 19.9 Å². The molecule has 4 heteroatoms. The standard InChI is InChI=1S/C15H20N2O2/c1-12(2)11-17(10-6-9-16)15(18)13-7-4-5-8-14(13)19-3/h4-5,7-8,12H,6,10-11H2,1-3H3. The first-order valence-electron chi connectivity index (χ1n) is 6.39. The number of hydrogen-bond donors (Lipinski definition) is 0. The van der Waals surface area contributed by atoms with Crippen molar-refractivity contribution in [1.29, 1.82) is 5.26 Å². The highest BCUT2D eigenvalue weighted by Crippen LogP contribution is 2.20. The van der Waals surface area contributed by atoms with E-state index in [4.69, 9.17) is 10.00 Å². The van der Waals surface area contributed by atoms with Gasteiger partial charge in [0.1, 0.15) is 5.75 Å². The molecule has 1 aromatic rings. The number of carbonyl (C=O) groups is 1. The van der Waals surface area contributed by atoms with Crippen molar-refractivity contribution in [2.24, 2.45) is 5.92 Å². The topological polar surface area (TPSA) is 53.3 Å². The highest BCUT2D eigenvalue weighted by atomic mass is 16.5. The third-order valence-corrected chi connectivity index (χ3v) is 2.70. The van der Waals surface area contributed by atoms with E-state index in [1.165, 1.54) is 0 Å². The Morgan fingerprint density at radius 3 is 2.68 bits per heavy atom. The average molecular weight is 260 g/mol. The molecule has 0 heterocycles. The lowest BCUT2D eigenvalue weighted by molar-refractivity contribution is 0.0736. The van der Waals surface area contributed by atoms with Crippen LogP contribution in [0.2, 0.25) is 0 Å². The smallest absolute Gasteiger partial charge is 0.257 e. The fourth-order valence-electron chi connectivity index (χ4n) is 1.89. The number of methoxy groups -OCH3 is 1. The molecule has 0 unspecified atom stereocenters. The summed E-state index contributed by atoms with van der Waals surface area (Å²) in [5, 5.41) is 8.69. The zero-order chi connectivity index (χ0) is 14.3. The SMILES string of the molecule is COc1ccccc1C(=O)N(CCC#N)CC(C)C. The van der Waals surface area contributed by atoms with Crippen LogP contribution in [0.5, 0.6) is 5.75 Å². The quantitative estimate of drug-likeness (QED) is 0.790. The summed E-state index contributed by atoms with van der Waals surface area (Å²) in [4.78, 5) is 14.2. The van der Waals surface area contributed by atoms with Crippen molar-refractivity contribution < 1.29 is 9.53 Å². The first-order valence-corrected chi connectivity index (χ1v) is 6.39. The van der Waals surface area contributed by atoms with Gasteiger partial charge in [0.15, 0.2) is 0 Å². The van der Waals surface area contributed by atoms with Crippen LogP contribution < -0.4 is 4.74 Å². The second-order valence-electron chi connectivity index (χ2n) is 4.75. The normalized spacial score (nSPS) is 10.1. The summed E-state index contributed by atoms with van der Waals surface area (Å²) in [5.41, 5.74) is 0.545. The van der Waals surface area contributed by atoms with Crippen molar-refractivity contribution in [3.8, 4) is 11.8 Å². The average Bonchev–Trinajstić information content (AvgIpc) is 2.42. The molecular formula is C15H20N2O2. The van der Waals surface area contributed by atoms with Gasteiger partial charge >= 0.3 is 0 Å². The Kier molecular flexibility index (Phi) is 5.87. The summed E-state index contributed by atoms with van der Waals surface area (Å²) in [5.74, 6) is 0.844. The molecule has 0 saturated carbocycles. The Morgan fingerprint density at radius 2 is 2.11 bits per heavy atom. The summed E-state index contributed by atoms with van der Waals surface area (Å²) in [6.45, 7) is 5.19. The fraction of sp³-hybridized carbons (Fsp3) is 0.467. The zero-order valence-corrected chi connectivity index (χ0v) is 11.7. The van der Waals surface area contributed by atoms with Crippen molar-refractivity contribution in [1.82, 2.24) is 4.90 Å². The van der Waals surface area contributed by atoms with Gasteiger partial charge in [-0.3, -0.25) is 4.79 Å². The first kappa shape index (κ1) is 15.0. The molecule has 0 aliphatic carbocycles. The zero-order valence-electron chi connectivity index (χ0n) is 11.7. The van der Waals surface area contributed by atoms with E-state index in [1.807, 2.05) is 12.1 Å². The van der Waals surface area contributed by atoms with Gasteiger partial charge in [-0.25, -0.2) is 0 Å². The lowest BCUT2D eigenvalue weighted by Gasteiger charge is -2.24. The molecule has 0 radical (unpaired) electrons. The van der Waals surface area contributed by atoms with Crippen LogP contribution in [0.4, 0.5) is 0 Å². The number of benzene rings is 1. The van der Waals surface area contributed by atoms with Crippen LogP contribution in [0.25, 0.3) is 0 Å². The number of carbonyl (C=O) groups excluding carboxylic acids is 1. The van der Waals surface area contributed by atoms with E-state index < -0.39 is 0 Å². The molecule has 0 bridgehead atoms. The first-order chi connectivity index (χ1) is 9.10. The summed E-state index contributed by atoms with van der Waals surface area (Å²) in [6.07, 6.45) is 0.341. The highest BCUT2D eigenvalue weighted by molar-refractivity contribution is 5.96. The van der Waals surface area contributed by atoms with Gasteiger partial charge < -0.3 is 9.64 Å². The third-order valence-electron chi connectivity index (χ3n) is 2.70. The molecule has 0 fully saturated rings. The van der Waals surface area contributed by atoms with Gasteiger partial charge in [0, 0.05) is 13.1 Å². The maximum absolute atomic E-state index is 12.5. The predicted octanol–water partition coefficient (Wildman–Crippen LogP) is 2.71. The van der Waals surface area contributed by atoms with Gasteiger partial charge in [-0.15, -0.1) is 0 Å². The van der Waals surface area contributed by atoms with Gasteiger partial charge in [0.25, 0.3) is 5.91 Å². The van der Waals surface area contributed by atoms with E-state index in [1.54, 1.807) is 24.1 Å². The van der Waals surface area contributed by atoms with Gasteiger partial charge in [-0.05, 0) is 18.1 Å². The van der Waals surface area contributed by atoms with Crippen molar-refractivity contribution in [3.05, 3.63) is 29.8 Å². The Labute approximate surface area is 114 Å². The molecule has 1 aromatic carbocycles. The van der Waals surface area contributed by atoms with Crippen LogP contribution in [0.3, 0.4) is 0 Å². The molecule has 4 nitrogen and oxygen atoms in total. The van der Waals surface area contributed by atoms with Crippen molar-refractivity contribution in [3.63, 3.8) is 0 Å². The number of para-hydroxylation sites is 1. The lowest BCUT2D eigenvalue weighted by Crippen LogP contribution is -2.35. The summed E-state index contributed by atoms with van der Waals surface area (Å²) < 4.78 is 5.21. The maximum atomic E-state index is 12.5. The van der Waals surface area contributed by atoms with Gasteiger partial charge in [-0.2, -0.15) is 5.26 Å². The van der Waals surface area contributed by atoms with Crippen molar-refractivity contribution in [2.45, 2.75) is 20.3 Å². The fourth-order valence-corrected chi connectivity index (χ4v) is 1.89. The van der Waals surface area contributed by atoms with E-state index in [0.29, 0.717) is 36.7 Å². The van der Waals surface area contributed by atoms with Crippen LogP contribution in [0.15, 0.2) is 24.3 Å². The molecule has 0 aliphatic heterocycles. The molecule has 1 rings (SSSR count). The number of nitriles is 1. The summed E-state index contributed by atoms with van der Waals surface area (Å²) >= 11 is 0. The maximum Gasteiger partial charge on any atom is 0.257 e. The predicted molar refractivity (Wildman–Crippen MR) is 74.0 cm³/mol. The Hall–Kier alpha value is -2.02. The number of hydrogen-bond acceptors (Lipinski definition) is 3. The van der Waals surface area contributed by atoms with Crippen LogP contribution in [-0.2, 0) is 0 Å². The Bertz CT molecular complexity index is 463. The Morgan fingerprint density at radius 1 is 1.42 bits per heavy atom. The van der Waals surface area contributed by atoms with Crippen LogP contribution in [0.1, 0.15) is 30.6 Å². The van der Waals surface area contributed by atoms with Crippen LogP contribution >= 0.6 is 0 Å². The molecule has 0 aromatic heterocycles. The molecule has 0 saturated heterocycles. The van der Waals surface area contributed by atoms with Crippen LogP contribution in [0, 0.1) is 17.2 Å². The molecule has 0 spiro atoms. The minimum atomic E-state index is -0.0820. The van der Waals surface area contributed by atoms with Crippen molar-refractivity contribution in [2.75, 3.05) is 20.2 Å². The van der Waals surface area contributed by atoms with E-state index in [-0.39, 0.29) is 5.91 Å². The summed E-state index contributed by atoms with van der Waals surface area (Å²) in [6, 6.07) is 9.25. The summed E-state index contributed by atoms with van der Waals surface area (Å²) in [7, 11) is 1.55. The van der Waals surface area contributed by atoms with Crippen LogP contribution in [-0.4, -0.2) is 31.0 Å². The molecule has 1 amide bonds. The molecule has 19 heavy (non-hydrogen) atoms. The minimum absolute atomic E-state index is 0.0820. The molecule has 0 N–H and O–H groups in total. The third kappa shape index (κ3) is 4.29. The Balaban J connectivity index is 2.94. The number of ether oxygens (including phenoxy) is 1. The second-order valence-corrected chi connectivity index (χ2v) is 4.75. The molecule has 102 valence electrons. The van der Waals surface area contributed by atoms with Gasteiger partial charge in [0.05, 0.1) is 25.2 Å².